The van der Waals surface area contributed by atoms with Crippen LogP contribution in [-0.4, -0.2) is 42.3 Å². The molecule has 45 heavy (non-hydrogen) atoms. The summed E-state index contributed by atoms with van der Waals surface area (Å²) in [6.45, 7) is -0.474. The van der Waals surface area contributed by atoms with Gasteiger partial charge in [0.25, 0.3) is 0 Å². The molecule has 0 atom stereocenters. The number of anilines is 2. The monoisotopic (exact) mass is 669 g/mol. The molecule has 0 amide bonds. The first-order chi connectivity index (χ1) is 21.5. The molecule has 232 valence electrons. The fourth-order valence-corrected chi connectivity index (χ4v) is 7.29. The van der Waals surface area contributed by atoms with Crippen LogP contribution in [0.1, 0.15) is 35.4 Å². The lowest BCUT2D eigenvalue weighted by molar-refractivity contribution is -0.0494. The average Bonchev–Trinajstić information content (AvgIpc) is 3.03. The van der Waals surface area contributed by atoms with Crippen LogP contribution >= 0.6 is 23.2 Å². The lowest BCUT2D eigenvalue weighted by Gasteiger charge is -2.40. The molecule has 11 heteroatoms. The molecule has 5 nitrogen and oxygen atoms in total. The van der Waals surface area contributed by atoms with Gasteiger partial charge in [-0.05, 0) is 84.1 Å². The van der Waals surface area contributed by atoms with E-state index in [1.54, 1.807) is 6.20 Å². The second-order valence-corrected chi connectivity index (χ2v) is 13.7. The van der Waals surface area contributed by atoms with Gasteiger partial charge in [0, 0.05) is 52.4 Å². The molecule has 0 spiro atoms. The second-order valence-electron chi connectivity index (χ2n) is 10.9. The Labute approximate surface area is 269 Å². The highest BCUT2D eigenvalue weighted by atomic mass is 35.5. The lowest BCUT2D eigenvalue weighted by Crippen LogP contribution is -2.49. The molecule has 6 rings (SSSR count). The summed E-state index contributed by atoms with van der Waals surface area (Å²) in [5.74, 6) is -0.155. The van der Waals surface area contributed by atoms with Gasteiger partial charge in [-0.25, -0.2) is 8.42 Å². The van der Waals surface area contributed by atoms with E-state index in [0.717, 1.165) is 39.0 Å². The Hall–Kier alpha value is -3.63. The zero-order valence-corrected chi connectivity index (χ0v) is 26.2. The molecule has 1 aliphatic heterocycles. The Morgan fingerprint density at radius 1 is 0.778 bits per heavy atom. The van der Waals surface area contributed by atoms with Crippen LogP contribution in [0.2, 0.25) is 10.0 Å². The maximum Gasteiger partial charge on any atom is 0.511 e. The highest BCUT2D eigenvalue weighted by Gasteiger charge is 2.50. The van der Waals surface area contributed by atoms with E-state index >= 15 is 0 Å². The van der Waals surface area contributed by atoms with Crippen molar-refractivity contribution >= 4 is 55.5 Å². The first-order valence-corrected chi connectivity index (χ1v) is 16.5. The fourth-order valence-electron chi connectivity index (χ4n) is 6.05. The van der Waals surface area contributed by atoms with Crippen molar-refractivity contribution < 1.29 is 21.6 Å². The molecule has 2 heterocycles. The van der Waals surface area contributed by atoms with Gasteiger partial charge in [0.1, 0.15) is 0 Å². The predicted molar refractivity (Wildman–Crippen MR) is 174 cm³/mol. The topological polar surface area (TPSA) is 53.5 Å². The number of hydrogen-bond donors (Lipinski definition) is 0. The third-order valence-corrected chi connectivity index (χ3v) is 10.3. The molecule has 5 aromatic rings. The SMILES string of the molecule is O=S(=O)(N1CCC(N(c2ccccc2)c2ccnc3ccc(C(c4ccc(Cl)cc4)c4ccc(Cl)cc4)cc23)CC1)C(F)(F)F. The highest BCUT2D eigenvalue weighted by molar-refractivity contribution is 7.90. The lowest BCUT2D eigenvalue weighted by atomic mass is 9.84. The molecule has 0 radical (unpaired) electrons. The average molecular weight is 671 g/mol. The first kappa shape index (κ1) is 31.4. The van der Waals surface area contributed by atoms with E-state index in [9.17, 15) is 21.6 Å². The number of piperidine rings is 1. The smallest absolute Gasteiger partial charge is 0.338 e. The summed E-state index contributed by atoms with van der Waals surface area (Å²) < 4.78 is 64.7. The van der Waals surface area contributed by atoms with Crippen molar-refractivity contribution in [1.82, 2.24) is 9.29 Å². The van der Waals surface area contributed by atoms with E-state index in [-0.39, 0.29) is 37.9 Å². The number of aromatic nitrogens is 1. The van der Waals surface area contributed by atoms with Crippen molar-refractivity contribution in [1.29, 1.82) is 0 Å². The van der Waals surface area contributed by atoms with Gasteiger partial charge in [0.2, 0.25) is 0 Å². The van der Waals surface area contributed by atoms with Gasteiger partial charge in [-0.1, -0.05) is 71.7 Å². The third kappa shape index (κ3) is 6.40. The van der Waals surface area contributed by atoms with Gasteiger partial charge in [-0.15, -0.1) is 0 Å². The second kappa shape index (κ2) is 12.6. The number of pyridine rings is 1. The summed E-state index contributed by atoms with van der Waals surface area (Å²) in [6, 6.07) is 32.7. The van der Waals surface area contributed by atoms with Crippen molar-refractivity contribution in [3.05, 3.63) is 136 Å². The predicted octanol–water partition coefficient (Wildman–Crippen LogP) is 9.17. The Balaban J connectivity index is 1.45. The van der Waals surface area contributed by atoms with Gasteiger partial charge < -0.3 is 4.90 Å². The normalized spacial score (nSPS) is 15.1. The molecule has 0 N–H and O–H groups in total. The summed E-state index contributed by atoms with van der Waals surface area (Å²) in [6.07, 6.45) is 2.14. The summed E-state index contributed by atoms with van der Waals surface area (Å²) in [7, 11) is -5.40. The zero-order valence-electron chi connectivity index (χ0n) is 23.8. The van der Waals surface area contributed by atoms with Crippen molar-refractivity contribution in [2.75, 3.05) is 18.0 Å². The fraction of sp³-hybridized carbons (Fsp3) is 0.206. The van der Waals surface area contributed by atoms with E-state index in [2.05, 4.69) is 16.0 Å². The highest BCUT2D eigenvalue weighted by Crippen LogP contribution is 2.40. The quantitative estimate of drug-likeness (QED) is 0.162. The van der Waals surface area contributed by atoms with Crippen LogP contribution in [0.15, 0.2) is 109 Å². The van der Waals surface area contributed by atoms with E-state index in [1.807, 2.05) is 97.1 Å². The number of para-hydroxylation sites is 1. The maximum absolute atomic E-state index is 13.3. The van der Waals surface area contributed by atoms with Crippen LogP contribution in [0, 0.1) is 0 Å². The van der Waals surface area contributed by atoms with Crippen molar-refractivity contribution in [3.63, 3.8) is 0 Å². The standard InChI is InChI=1S/C34H28Cl2F3N3O2S/c35-26-11-6-23(7-12-26)33(24-8-13-27(36)14-9-24)25-10-15-31-30(22-25)32(16-19-40-31)42(28-4-2-1-3-5-28)29-17-20-41(21-18-29)45(43,44)34(37,38)39/h1-16,19,22,29,33H,17-18,20-21H2. The zero-order chi connectivity index (χ0) is 31.8. The Morgan fingerprint density at radius 3 is 1.89 bits per heavy atom. The molecular weight excluding hydrogens is 642 g/mol. The molecule has 1 fully saturated rings. The van der Waals surface area contributed by atoms with E-state index in [4.69, 9.17) is 23.2 Å². The summed E-state index contributed by atoms with van der Waals surface area (Å²) in [4.78, 5) is 6.73. The van der Waals surface area contributed by atoms with Gasteiger partial charge in [-0.2, -0.15) is 17.5 Å². The van der Waals surface area contributed by atoms with Crippen LogP contribution in [0.3, 0.4) is 0 Å². The third-order valence-electron chi connectivity index (χ3n) is 8.20. The van der Waals surface area contributed by atoms with E-state index < -0.39 is 15.5 Å². The van der Waals surface area contributed by atoms with Crippen LogP contribution in [0.25, 0.3) is 10.9 Å². The van der Waals surface area contributed by atoms with Gasteiger partial charge in [0.15, 0.2) is 0 Å². The van der Waals surface area contributed by atoms with Gasteiger partial charge in [0.05, 0.1) is 11.2 Å². The molecule has 0 aliphatic carbocycles. The maximum atomic E-state index is 13.3. The molecular formula is C34H28Cl2F3N3O2S. The molecule has 1 aromatic heterocycles. The van der Waals surface area contributed by atoms with E-state index in [0.29, 0.717) is 14.4 Å². The largest absolute Gasteiger partial charge is 0.511 e. The van der Waals surface area contributed by atoms with E-state index in [1.165, 1.54) is 0 Å². The van der Waals surface area contributed by atoms with Gasteiger partial charge >= 0.3 is 15.5 Å². The number of benzene rings is 4. The molecule has 0 saturated carbocycles. The van der Waals surface area contributed by atoms with Crippen LogP contribution in [0.4, 0.5) is 24.5 Å². The summed E-state index contributed by atoms with van der Waals surface area (Å²) in [5, 5.41) is 2.12. The van der Waals surface area contributed by atoms with Gasteiger partial charge in [-0.3, -0.25) is 4.98 Å². The molecule has 0 bridgehead atoms. The minimum Gasteiger partial charge on any atom is -0.338 e. The number of halogens is 5. The Bertz CT molecular complexity index is 1850. The Kier molecular flexibility index (Phi) is 8.81. The van der Waals surface area contributed by atoms with Crippen molar-refractivity contribution in [2.24, 2.45) is 0 Å². The number of rotatable bonds is 7. The molecule has 4 aromatic carbocycles. The number of nitrogens with zero attached hydrogens (tertiary/aromatic N) is 3. The first-order valence-electron chi connectivity index (χ1n) is 14.3. The molecule has 1 saturated heterocycles. The molecule has 0 unspecified atom stereocenters. The minimum atomic E-state index is -5.40. The minimum absolute atomic E-state index is 0.155. The van der Waals surface area contributed by atoms with Crippen molar-refractivity contribution in [3.8, 4) is 0 Å². The summed E-state index contributed by atoms with van der Waals surface area (Å²) >= 11 is 12.5. The number of alkyl halides is 3. The summed E-state index contributed by atoms with van der Waals surface area (Å²) in [5.41, 5.74) is 0.159. The van der Waals surface area contributed by atoms with Crippen LogP contribution in [-0.2, 0) is 10.0 Å². The number of fused-ring (bicyclic) bond motifs is 1. The van der Waals surface area contributed by atoms with Crippen LogP contribution in [0.5, 0.6) is 0 Å². The van der Waals surface area contributed by atoms with Crippen LogP contribution < -0.4 is 4.90 Å². The number of sulfonamides is 1. The van der Waals surface area contributed by atoms with Crippen molar-refractivity contribution in [2.45, 2.75) is 30.3 Å². The number of hydrogen-bond acceptors (Lipinski definition) is 4. The Morgan fingerprint density at radius 2 is 1.33 bits per heavy atom. The molecule has 1 aliphatic rings.